The van der Waals surface area contributed by atoms with E-state index in [-0.39, 0.29) is 18.6 Å². The van der Waals surface area contributed by atoms with E-state index in [2.05, 4.69) is 10.0 Å². The van der Waals surface area contributed by atoms with Crippen molar-refractivity contribution in [3.8, 4) is 0 Å². The molecule has 94 valence electrons. The van der Waals surface area contributed by atoms with Crippen LogP contribution in [0.25, 0.3) is 4.85 Å². The monoisotopic (exact) mass is 238 g/mol. The second-order valence-electron chi connectivity index (χ2n) is 5.09. The number of oxime groups is 1. The molecule has 0 amide bonds. The summed E-state index contributed by atoms with van der Waals surface area (Å²) >= 11 is 0. The third-order valence-electron chi connectivity index (χ3n) is 2.63. The highest BCUT2D eigenvalue weighted by molar-refractivity contribution is 5.96. The Balaban J connectivity index is 2.87. The van der Waals surface area contributed by atoms with Gasteiger partial charge in [0.1, 0.15) is 0 Å². The lowest BCUT2D eigenvalue weighted by atomic mass is 9.83. The van der Waals surface area contributed by atoms with Crippen LogP contribution in [-0.4, -0.2) is 30.4 Å². The van der Waals surface area contributed by atoms with E-state index in [0.717, 1.165) is 5.71 Å². The lowest BCUT2D eigenvalue weighted by Gasteiger charge is -2.21. The molecule has 0 fully saturated rings. The normalized spacial score (nSPS) is 23.6. The van der Waals surface area contributed by atoms with E-state index in [0.29, 0.717) is 6.42 Å². The predicted octanol–water partition coefficient (Wildman–Crippen LogP) is 2.03. The number of carbonyl (C=O) groups is 1. The first-order valence-corrected chi connectivity index (χ1v) is 5.61. The Kier molecular flexibility index (Phi) is 3.76. The van der Waals surface area contributed by atoms with Crippen molar-refractivity contribution in [3.63, 3.8) is 0 Å². The second kappa shape index (κ2) is 4.74. The quantitative estimate of drug-likeness (QED) is 0.558. The van der Waals surface area contributed by atoms with Crippen LogP contribution in [0.1, 0.15) is 34.1 Å². The summed E-state index contributed by atoms with van der Waals surface area (Å²) in [5, 5.41) is 3.95. The van der Waals surface area contributed by atoms with E-state index in [9.17, 15) is 4.79 Å². The molecular weight excluding hydrogens is 220 g/mol. The van der Waals surface area contributed by atoms with Crippen LogP contribution in [-0.2, 0) is 14.4 Å². The topological polar surface area (TPSA) is 52.2 Å². The lowest BCUT2D eigenvalue weighted by molar-refractivity contribution is -0.166. The van der Waals surface area contributed by atoms with Crippen molar-refractivity contribution in [3.05, 3.63) is 11.4 Å². The molecule has 17 heavy (non-hydrogen) atoms. The molecule has 5 nitrogen and oxygen atoms in total. The van der Waals surface area contributed by atoms with Crippen molar-refractivity contribution in [1.82, 2.24) is 0 Å². The van der Waals surface area contributed by atoms with Crippen LogP contribution in [0.5, 0.6) is 0 Å². The molecule has 0 N–H and O–H groups in total. The van der Waals surface area contributed by atoms with Crippen LogP contribution in [0.15, 0.2) is 5.16 Å². The summed E-state index contributed by atoms with van der Waals surface area (Å²) in [6.07, 6.45) is 0.331. The molecule has 1 unspecified atom stereocenters. The van der Waals surface area contributed by atoms with Crippen molar-refractivity contribution in [2.24, 2.45) is 10.6 Å². The molecule has 0 saturated carbocycles. The van der Waals surface area contributed by atoms with Crippen molar-refractivity contribution in [2.45, 2.75) is 39.7 Å². The van der Waals surface area contributed by atoms with Crippen molar-refractivity contribution in [1.29, 1.82) is 0 Å². The highest BCUT2D eigenvalue weighted by Crippen LogP contribution is 2.33. The largest absolute Gasteiger partial charge is 0.463 e. The first kappa shape index (κ1) is 13.5. The van der Waals surface area contributed by atoms with E-state index < -0.39 is 11.6 Å². The minimum atomic E-state index is -1.24. The van der Waals surface area contributed by atoms with Gasteiger partial charge in [0.05, 0.1) is 18.7 Å². The fourth-order valence-corrected chi connectivity index (χ4v) is 1.53. The van der Waals surface area contributed by atoms with Gasteiger partial charge >= 0.3 is 11.6 Å². The fraction of sp³-hybridized carbons (Fsp3) is 0.750. The zero-order valence-corrected chi connectivity index (χ0v) is 10.7. The van der Waals surface area contributed by atoms with E-state index in [1.807, 2.05) is 20.8 Å². The molecule has 0 saturated heterocycles. The molecule has 1 aliphatic rings. The molecule has 0 aliphatic carbocycles. The van der Waals surface area contributed by atoms with Gasteiger partial charge in [-0.2, -0.15) is 0 Å². The Labute approximate surface area is 102 Å². The molecule has 5 heteroatoms. The minimum Gasteiger partial charge on any atom is -0.463 e. The van der Waals surface area contributed by atoms with Gasteiger partial charge in [-0.25, -0.2) is 11.4 Å². The first-order chi connectivity index (χ1) is 7.85. The maximum Gasteiger partial charge on any atom is 0.361 e. The van der Waals surface area contributed by atoms with Gasteiger partial charge in [0, 0.05) is 5.41 Å². The molecule has 0 radical (unpaired) electrons. The van der Waals surface area contributed by atoms with Gasteiger partial charge in [-0.3, -0.25) is 0 Å². The molecule has 0 aromatic heterocycles. The Morgan fingerprint density at radius 2 is 2.29 bits per heavy atom. The minimum absolute atomic E-state index is 0.0606. The van der Waals surface area contributed by atoms with Crippen LogP contribution in [0.2, 0.25) is 0 Å². The van der Waals surface area contributed by atoms with Crippen LogP contribution < -0.4 is 0 Å². The maximum atomic E-state index is 11.9. The Morgan fingerprint density at radius 3 is 2.71 bits per heavy atom. The van der Waals surface area contributed by atoms with Crippen LogP contribution >= 0.6 is 0 Å². The standard InChI is InChI=1S/C12H18N2O3/c1-6-16-10(15)12(8-13-5)7-9(14-17-12)11(2,3)4/h6-8H2,1-4H3. The van der Waals surface area contributed by atoms with Gasteiger partial charge in [-0.15, -0.1) is 0 Å². The van der Waals surface area contributed by atoms with Gasteiger partial charge in [0.2, 0.25) is 0 Å². The number of hydrogen-bond donors (Lipinski definition) is 0. The Morgan fingerprint density at radius 1 is 1.65 bits per heavy atom. The molecule has 0 aromatic rings. The highest BCUT2D eigenvalue weighted by Gasteiger charge is 2.53. The van der Waals surface area contributed by atoms with E-state index in [4.69, 9.17) is 16.1 Å². The van der Waals surface area contributed by atoms with Crippen LogP contribution in [0, 0.1) is 12.0 Å². The van der Waals surface area contributed by atoms with Gasteiger partial charge in [-0.05, 0) is 6.92 Å². The SMILES string of the molecule is [C-]#[N+]CC1(C(=O)OCC)CC(C(C)(C)C)=NO1. The number of ether oxygens (including phenoxy) is 1. The molecule has 1 atom stereocenters. The highest BCUT2D eigenvalue weighted by atomic mass is 16.7. The summed E-state index contributed by atoms with van der Waals surface area (Å²) in [5.41, 5.74) is -0.620. The van der Waals surface area contributed by atoms with Crippen molar-refractivity contribution >= 4 is 11.7 Å². The van der Waals surface area contributed by atoms with Gasteiger partial charge in [-0.1, -0.05) is 25.9 Å². The number of rotatable bonds is 3. The summed E-state index contributed by atoms with van der Waals surface area (Å²) in [5.74, 6) is -0.501. The average Bonchev–Trinajstić information content (AvgIpc) is 2.64. The number of carbonyl (C=O) groups excluding carboxylic acids is 1. The fourth-order valence-electron chi connectivity index (χ4n) is 1.53. The third kappa shape index (κ3) is 2.76. The smallest absolute Gasteiger partial charge is 0.361 e. The number of esters is 1. The summed E-state index contributed by atoms with van der Waals surface area (Å²) in [6.45, 7) is 14.8. The van der Waals surface area contributed by atoms with Crippen molar-refractivity contribution in [2.75, 3.05) is 13.2 Å². The molecular formula is C12H18N2O3. The average molecular weight is 238 g/mol. The zero-order chi connectivity index (χ0) is 13.1. The van der Waals surface area contributed by atoms with Gasteiger partial charge < -0.3 is 14.4 Å². The summed E-state index contributed by atoms with van der Waals surface area (Å²) in [4.78, 5) is 20.4. The molecule has 0 aromatic carbocycles. The van der Waals surface area contributed by atoms with Gasteiger partial charge in [0.15, 0.2) is 0 Å². The number of hydrogen-bond acceptors (Lipinski definition) is 4. The summed E-state index contributed by atoms with van der Waals surface area (Å²) < 4.78 is 4.96. The molecule has 1 aliphatic heterocycles. The first-order valence-electron chi connectivity index (χ1n) is 5.61. The zero-order valence-electron chi connectivity index (χ0n) is 10.7. The van der Waals surface area contributed by atoms with Crippen LogP contribution in [0.4, 0.5) is 0 Å². The van der Waals surface area contributed by atoms with E-state index in [1.54, 1.807) is 6.92 Å². The van der Waals surface area contributed by atoms with E-state index in [1.165, 1.54) is 0 Å². The molecule has 1 rings (SSSR count). The molecule has 0 spiro atoms. The van der Waals surface area contributed by atoms with E-state index >= 15 is 0 Å². The lowest BCUT2D eigenvalue weighted by Crippen LogP contribution is -2.44. The second-order valence-corrected chi connectivity index (χ2v) is 5.09. The Bertz CT molecular complexity index is 376. The number of nitrogens with zero attached hydrogens (tertiary/aromatic N) is 2. The van der Waals surface area contributed by atoms with Crippen molar-refractivity contribution < 1.29 is 14.4 Å². The summed E-state index contributed by atoms with van der Waals surface area (Å²) in [7, 11) is 0. The predicted molar refractivity (Wildman–Crippen MR) is 63.4 cm³/mol. The Hall–Kier alpha value is -1.57. The van der Waals surface area contributed by atoms with Gasteiger partial charge in [0.25, 0.3) is 6.54 Å². The third-order valence-corrected chi connectivity index (χ3v) is 2.63. The summed E-state index contributed by atoms with van der Waals surface area (Å²) in [6, 6.07) is 0. The maximum absolute atomic E-state index is 11.9. The molecule has 1 heterocycles. The molecule has 0 bridgehead atoms. The van der Waals surface area contributed by atoms with Crippen LogP contribution in [0.3, 0.4) is 0 Å².